The molecule has 4 N–H and O–H groups in total. The molecule has 1 atom stereocenters. The summed E-state index contributed by atoms with van der Waals surface area (Å²) in [7, 11) is 1.37. The number of hydrogen-bond acceptors (Lipinski definition) is 6. The first-order chi connectivity index (χ1) is 16.0. The lowest BCUT2D eigenvalue weighted by atomic mass is 9.69. The summed E-state index contributed by atoms with van der Waals surface area (Å²) in [5.41, 5.74) is 15.6. The quantitative estimate of drug-likeness (QED) is 0.482. The van der Waals surface area contributed by atoms with Crippen molar-refractivity contribution in [3.8, 4) is 5.75 Å². The maximum Gasteiger partial charge on any atom is 0.338 e. The van der Waals surface area contributed by atoms with E-state index in [0.29, 0.717) is 17.9 Å². The SMILES string of the molecule is CCC(CC)(c1ccc(OC(C)C(=O)C(C)(C)C)c(CN)c1)c1ccc(C(=O)OC)c(CN)c1. The lowest BCUT2D eigenvalue weighted by Crippen LogP contribution is -2.34. The van der Waals surface area contributed by atoms with E-state index in [0.717, 1.165) is 35.1 Å². The smallest absolute Gasteiger partial charge is 0.338 e. The Labute approximate surface area is 204 Å². The number of Topliss-reactive ketones (excluding diaryl/α,β-unsaturated/α-hetero) is 1. The minimum absolute atomic E-state index is 0.0380. The molecule has 6 heteroatoms. The fourth-order valence-electron chi connectivity index (χ4n) is 4.61. The Morgan fingerprint density at radius 2 is 1.44 bits per heavy atom. The largest absolute Gasteiger partial charge is 0.483 e. The molecule has 0 aliphatic carbocycles. The fourth-order valence-corrected chi connectivity index (χ4v) is 4.61. The third-order valence-corrected chi connectivity index (χ3v) is 6.74. The van der Waals surface area contributed by atoms with Gasteiger partial charge in [-0.15, -0.1) is 0 Å². The van der Waals surface area contributed by atoms with Crippen LogP contribution < -0.4 is 16.2 Å². The van der Waals surface area contributed by atoms with Gasteiger partial charge in [0.2, 0.25) is 0 Å². The van der Waals surface area contributed by atoms with E-state index in [1.54, 1.807) is 13.0 Å². The lowest BCUT2D eigenvalue weighted by Gasteiger charge is -2.34. The predicted molar refractivity (Wildman–Crippen MR) is 136 cm³/mol. The van der Waals surface area contributed by atoms with Gasteiger partial charge in [-0.1, -0.05) is 52.8 Å². The van der Waals surface area contributed by atoms with Crippen molar-refractivity contribution in [1.29, 1.82) is 0 Å². The van der Waals surface area contributed by atoms with E-state index in [4.69, 9.17) is 20.9 Å². The molecule has 0 aliphatic rings. The van der Waals surface area contributed by atoms with Gasteiger partial charge in [0.1, 0.15) is 5.75 Å². The van der Waals surface area contributed by atoms with Gasteiger partial charge >= 0.3 is 5.97 Å². The molecule has 2 aromatic rings. The molecule has 34 heavy (non-hydrogen) atoms. The van der Waals surface area contributed by atoms with Gasteiger partial charge in [0.15, 0.2) is 11.9 Å². The molecule has 0 aliphatic heterocycles. The summed E-state index contributed by atoms with van der Waals surface area (Å²) in [4.78, 5) is 24.8. The highest BCUT2D eigenvalue weighted by atomic mass is 16.5. The Kier molecular flexibility index (Phi) is 9.03. The molecule has 0 heterocycles. The number of ether oxygens (including phenoxy) is 2. The number of ketones is 1. The summed E-state index contributed by atoms with van der Waals surface area (Å²) in [5, 5.41) is 0. The van der Waals surface area contributed by atoms with Crippen LogP contribution in [0.15, 0.2) is 36.4 Å². The van der Waals surface area contributed by atoms with Crippen LogP contribution in [-0.4, -0.2) is 25.0 Å². The molecule has 0 saturated carbocycles. The van der Waals surface area contributed by atoms with Crippen molar-refractivity contribution in [1.82, 2.24) is 0 Å². The van der Waals surface area contributed by atoms with Gasteiger partial charge in [-0.2, -0.15) is 0 Å². The zero-order valence-electron chi connectivity index (χ0n) is 21.7. The number of carbonyl (C=O) groups excluding carboxylic acids is 2. The normalized spacial score (nSPS) is 12.9. The molecule has 0 fully saturated rings. The maximum atomic E-state index is 12.6. The van der Waals surface area contributed by atoms with Crippen LogP contribution in [0.4, 0.5) is 0 Å². The van der Waals surface area contributed by atoms with Crippen LogP contribution >= 0.6 is 0 Å². The lowest BCUT2D eigenvalue weighted by molar-refractivity contribution is -0.132. The molecular weight excluding hydrogens is 428 g/mol. The van der Waals surface area contributed by atoms with Crippen molar-refractivity contribution in [3.05, 3.63) is 64.2 Å². The first kappa shape index (κ1) is 27.5. The van der Waals surface area contributed by atoms with Gasteiger partial charge in [0, 0.05) is 29.5 Å². The van der Waals surface area contributed by atoms with Crippen molar-refractivity contribution in [2.75, 3.05) is 7.11 Å². The van der Waals surface area contributed by atoms with Crippen LogP contribution in [0.2, 0.25) is 0 Å². The molecule has 0 aromatic heterocycles. The van der Waals surface area contributed by atoms with Crippen LogP contribution in [0.3, 0.4) is 0 Å². The molecular formula is C28H40N2O4. The average molecular weight is 469 g/mol. The Morgan fingerprint density at radius 3 is 1.91 bits per heavy atom. The van der Waals surface area contributed by atoms with Crippen molar-refractivity contribution in [2.45, 2.75) is 79.0 Å². The Hall–Kier alpha value is -2.70. The minimum atomic E-state index is -0.573. The van der Waals surface area contributed by atoms with E-state index in [-0.39, 0.29) is 17.7 Å². The van der Waals surface area contributed by atoms with Crippen molar-refractivity contribution in [2.24, 2.45) is 16.9 Å². The molecule has 0 saturated heterocycles. The number of rotatable bonds is 10. The van der Waals surface area contributed by atoms with Gasteiger partial charge < -0.3 is 20.9 Å². The average Bonchev–Trinajstić information content (AvgIpc) is 2.83. The first-order valence-electron chi connectivity index (χ1n) is 11.9. The monoisotopic (exact) mass is 468 g/mol. The van der Waals surface area contributed by atoms with E-state index in [9.17, 15) is 9.59 Å². The van der Waals surface area contributed by atoms with Crippen LogP contribution in [0.1, 0.15) is 87.0 Å². The molecule has 2 rings (SSSR count). The number of carbonyl (C=O) groups is 2. The van der Waals surface area contributed by atoms with Crippen molar-refractivity contribution in [3.63, 3.8) is 0 Å². The first-order valence-corrected chi connectivity index (χ1v) is 11.9. The molecule has 2 aromatic carbocycles. The second-order valence-corrected chi connectivity index (χ2v) is 9.76. The van der Waals surface area contributed by atoms with Crippen LogP contribution in [-0.2, 0) is 28.0 Å². The Balaban J connectivity index is 2.54. The highest BCUT2D eigenvalue weighted by Crippen LogP contribution is 2.41. The second-order valence-electron chi connectivity index (χ2n) is 9.76. The number of esters is 1. The molecule has 0 spiro atoms. The zero-order chi connectivity index (χ0) is 25.7. The summed E-state index contributed by atoms with van der Waals surface area (Å²) in [6, 6.07) is 11.8. The summed E-state index contributed by atoms with van der Waals surface area (Å²) >= 11 is 0. The van der Waals surface area contributed by atoms with Crippen LogP contribution in [0, 0.1) is 5.41 Å². The predicted octanol–water partition coefficient (Wildman–Crippen LogP) is 4.88. The molecule has 6 nitrogen and oxygen atoms in total. The summed E-state index contributed by atoms with van der Waals surface area (Å²) in [6.45, 7) is 12.3. The number of hydrogen-bond donors (Lipinski definition) is 2. The Bertz CT molecular complexity index is 1020. The third-order valence-electron chi connectivity index (χ3n) is 6.74. The number of methoxy groups -OCH3 is 1. The maximum absolute atomic E-state index is 12.6. The Morgan fingerprint density at radius 1 is 0.912 bits per heavy atom. The number of benzene rings is 2. The fraction of sp³-hybridized carbons (Fsp3) is 0.500. The van der Waals surface area contributed by atoms with Gasteiger partial charge in [-0.25, -0.2) is 4.79 Å². The number of nitrogens with two attached hydrogens (primary N) is 2. The van der Waals surface area contributed by atoms with E-state index in [1.165, 1.54) is 7.11 Å². The molecule has 0 radical (unpaired) electrons. The van der Waals surface area contributed by atoms with E-state index < -0.39 is 17.5 Å². The summed E-state index contributed by atoms with van der Waals surface area (Å²) in [5.74, 6) is 0.272. The standard InChI is InChI=1S/C28H40N2O4/c1-8-28(9-2,21-10-12-23(26(32)33-7)19(14-21)16-29)22-11-13-24(20(15-22)17-30)34-18(3)25(31)27(4,5)6/h10-15,18H,8-9,16-17,29-30H2,1-7H3. The molecule has 0 amide bonds. The van der Waals surface area contributed by atoms with Gasteiger partial charge in [-0.3, -0.25) is 4.79 Å². The van der Waals surface area contributed by atoms with Crippen LogP contribution in [0.25, 0.3) is 0 Å². The summed E-state index contributed by atoms with van der Waals surface area (Å²) < 4.78 is 11.0. The van der Waals surface area contributed by atoms with E-state index in [2.05, 4.69) is 19.9 Å². The van der Waals surface area contributed by atoms with Crippen molar-refractivity contribution < 1.29 is 19.1 Å². The van der Waals surface area contributed by atoms with Gasteiger partial charge in [0.25, 0.3) is 0 Å². The molecule has 186 valence electrons. The van der Waals surface area contributed by atoms with E-state index >= 15 is 0 Å². The summed E-state index contributed by atoms with van der Waals surface area (Å²) in [6.07, 6.45) is 1.11. The van der Waals surface area contributed by atoms with E-state index in [1.807, 2.05) is 45.0 Å². The van der Waals surface area contributed by atoms with Crippen molar-refractivity contribution >= 4 is 11.8 Å². The zero-order valence-corrected chi connectivity index (χ0v) is 21.7. The van der Waals surface area contributed by atoms with Gasteiger partial charge in [-0.05, 0) is 54.7 Å². The minimum Gasteiger partial charge on any atom is -0.483 e. The highest BCUT2D eigenvalue weighted by Gasteiger charge is 2.33. The molecule has 0 bridgehead atoms. The second kappa shape index (κ2) is 11.2. The highest BCUT2D eigenvalue weighted by molar-refractivity contribution is 5.91. The van der Waals surface area contributed by atoms with Crippen LogP contribution in [0.5, 0.6) is 5.75 Å². The third kappa shape index (κ3) is 5.50. The molecule has 1 unspecified atom stereocenters. The van der Waals surface area contributed by atoms with Gasteiger partial charge in [0.05, 0.1) is 12.7 Å². The topological polar surface area (TPSA) is 105 Å².